The lowest BCUT2D eigenvalue weighted by molar-refractivity contribution is -0.125. The predicted octanol–water partition coefficient (Wildman–Crippen LogP) is 2.30. The summed E-state index contributed by atoms with van der Waals surface area (Å²) in [6, 6.07) is 0.222. The van der Waals surface area contributed by atoms with Gasteiger partial charge in [-0.3, -0.25) is 15.6 Å². The van der Waals surface area contributed by atoms with Crippen LogP contribution in [0.15, 0.2) is 16.9 Å². The van der Waals surface area contributed by atoms with E-state index in [1.807, 2.05) is 11.8 Å². The summed E-state index contributed by atoms with van der Waals surface area (Å²) in [6.45, 7) is 8.10. The lowest BCUT2D eigenvalue weighted by Crippen LogP contribution is -2.41. The first-order chi connectivity index (χ1) is 9.10. The van der Waals surface area contributed by atoms with E-state index in [1.54, 1.807) is 6.08 Å². The smallest absolute Gasteiger partial charge is 0.272 e. The van der Waals surface area contributed by atoms with Crippen molar-refractivity contribution in [2.45, 2.75) is 52.0 Å². The van der Waals surface area contributed by atoms with E-state index in [0.29, 0.717) is 6.42 Å². The van der Waals surface area contributed by atoms with Gasteiger partial charge in [0, 0.05) is 25.0 Å². The highest BCUT2D eigenvalue weighted by Gasteiger charge is 2.24. The molecule has 1 heterocycles. The van der Waals surface area contributed by atoms with E-state index in [-0.39, 0.29) is 17.7 Å². The summed E-state index contributed by atoms with van der Waals surface area (Å²) in [6.07, 6.45) is 6.62. The van der Waals surface area contributed by atoms with E-state index in [1.165, 1.54) is 6.42 Å². The van der Waals surface area contributed by atoms with Gasteiger partial charge in [-0.05, 0) is 32.3 Å². The summed E-state index contributed by atoms with van der Waals surface area (Å²) in [5, 5.41) is 11.5. The third kappa shape index (κ3) is 4.50. The largest absolute Gasteiger partial charge is 0.335 e. The van der Waals surface area contributed by atoms with Gasteiger partial charge in [0.25, 0.3) is 5.91 Å². The van der Waals surface area contributed by atoms with E-state index in [2.05, 4.69) is 24.2 Å². The van der Waals surface area contributed by atoms with Crippen LogP contribution in [0.2, 0.25) is 0 Å². The maximum Gasteiger partial charge on any atom is 0.272 e. The molecule has 1 amide bonds. The second kappa shape index (κ2) is 7.71. The average Bonchev–Trinajstić information content (AvgIpc) is 2.61. The van der Waals surface area contributed by atoms with Crippen LogP contribution >= 0.6 is 0 Å². The number of nitrogens with zero attached hydrogens (tertiary/aromatic N) is 2. The number of carbonyl (C=O) groups is 1. The van der Waals surface area contributed by atoms with Gasteiger partial charge in [-0.1, -0.05) is 19.8 Å². The van der Waals surface area contributed by atoms with Crippen molar-refractivity contribution in [2.75, 3.05) is 6.54 Å². The maximum absolute atomic E-state index is 12.3. The zero-order valence-corrected chi connectivity index (χ0v) is 11.9. The fourth-order valence-electron chi connectivity index (χ4n) is 2.28. The first kappa shape index (κ1) is 15.4. The normalized spacial score (nSPS) is 20.6. The number of hydrazone groups is 1. The topological polar surface area (TPSA) is 68.5 Å². The highest BCUT2D eigenvalue weighted by atomic mass is 16.2. The summed E-state index contributed by atoms with van der Waals surface area (Å²) >= 11 is 0. The summed E-state index contributed by atoms with van der Waals surface area (Å²) < 4.78 is 0. The monoisotopic (exact) mass is 264 g/mol. The molecule has 0 unspecified atom stereocenters. The number of rotatable bonds is 5. The standard InChI is InChI=1S/C14H24N4O/c1-4-12(17-16-3)10-13(15)14(19)18-9-7-5-6-8-11(18)2/h10-11,15,17H,3-9H2,1-2H3/b12-10-,15-13?/t11-/m1/s1. The molecule has 0 bridgehead atoms. The first-order valence-corrected chi connectivity index (χ1v) is 6.92. The van der Waals surface area contributed by atoms with Crippen LogP contribution in [0.1, 0.15) is 46.0 Å². The molecular weight excluding hydrogens is 240 g/mol. The molecule has 19 heavy (non-hydrogen) atoms. The van der Waals surface area contributed by atoms with Gasteiger partial charge in [0.1, 0.15) is 5.71 Å². The summed E-state index contributed by atoms with van der Waals surface area (Å²) in [5.74, 6) is -0.189. The Morgan fingerprint density at radius 2 is 2.26 bits per heavy atom. The van der Waals surface area contributed by atoms with Crippen LogP contribution < -0.4 is 5.43 Å². The quantitative estimate of drug-likeness (QED) is 0.591. The highest BCUT2D eigenvalue weighted by Crippen LogP contribution is 2.16. The van der Waals surface area contributed by atoms with Crippen molar-refractivity contribution in [3.8, 4) is 0 Å². The molecule has 5 heteroatoms. The van der Waals surface area contributed by atoms with Crippen molar-refractivity contribution >= 4 is 18.3 Å². The molecule has 5 nitrogen and oxygen atoms in total. The highest BCUT2D eigenvalue weighted by molar-refractivity contribution is 6.42. The van der Waals surface area contributed by atoms with Crippen LogP contribution in [-0.4, -0.2) is 35.8 Å². The Bertz CT molecular complexity index is 376. The second-order valence-corrected chi connectivity index (χ2v) is 4.90. The number of amides is 1. The molecule has 1 aliphatic heterocycles. The molecule has 0 spiro atoms. The van der Waals surface area contributed by atoms with Crippen LogP contribution in [0.5, 0.6) is 0 Å². The van der Waals surface area contributed by atoms with Crippen molar-refractivity contribution in [3.05, 3.63) is 11.8 Å². The fourth-order valence-corrected chi connectivity index (χ4v) is 2.28. The minimum Gasteiger partial charge on any atom is -0.335 e. The van der Waals surface area contributed by atoms with Crippen LogP contribution in [0.25, 0.3) is 0 Å². The summed E-state index contributed by atoms with van der Waals surface area (Å²) in [5.41, 5.74) is 3.46. The molecule has 0 aromatic carbocycles. The Labute approximate surface area is 115 Å². The average molecular weight is 264 g/mol. The number of nitrogens with one attached hydrogen (secondary N) is 2. The summed E-state index contributed by atoms with van der Waals surface area (Å²) in [4.78, 5) is 14.1. The molecule has 0 saturated carbocycles. The summed E-state index contributed by atoms with van der Waals surface area (Å²) in [7, 11) is 0. The minimum absolute atomic E-state index is 0.0155. The van der Waals surface area contributed by atoms with E-state index >= 15 is 0 Å². The number of allylic oxidation sites excluding steroid dienone is 1. The Morgan fingerprint density at radius 1 is 1.53 bits per heavy atom. The molecule has 1 saturated heterocycles. The van der Waals surface area contributed by atoms with Gasteiger partial charge < -0.3 is 4.90 Å². The van der Waals surface area contributed by atoms with Crippen molar-refractivity contribution < 1.29 is 4.79 Å². The molecule has 1 aliphatic rings. The molecule has 0 radical (unpaired) electrons. The lowest BCUT2D eigenvalue weighted by atomic mass is 10.1. The van der Waals surface area contributed by atoms with Crippen molar-refractivity contribution in [1.82, 2.24) is 10.3 Å². The van der Waals surface area contributed by atoms with Gasteiger partial charge >= 0.3 is 0 Å². The fraction of sp³-hybridized carbons (Fsp3) is 0.643. The minimum atomic E-state index is -0.189. The van der Waals surface area contributed by atoms with Gasteiger partial charge in [0.15, 0.2) is 0 Å². The van der Waals surface area contributed by atoms with Crippen LogP contribution in [0, 0.1) is 5.41 Å². The maximum atomic E-state index is 12.3. The SMILES string of the molecule is C=NN/C(=C\C(=N)C(=O)N1CCCCC[C@H]1C)CC. The number of carbonyl (C=O) groups excluding carboxylic acids is 1. The van der Waals surface area contributed by atoms with E-state index < -0.39 is 0 Å². The number of hydrogen-bond acceptors (Lipinski definition) is 4. The van der Waals surface area contributed by atoms with Gasteiger partial charge in [-0.25, -0.2) is 0 Å². The zero-order valence-electron chi connectivity index (χ0n) is 11.9. The van der Waals surface area contributed by atoms with Crippen LogP contribution in [0.4, 0.5) is 0 Å². The molecule has 1 fully saturated rings. The Kier molecular flexibility index (Phi) is 6.25. The van der Waals surface area contributed by atoms with Gasteiger partial charge in [-0.15, -0.1) is 0 Å². The van der Waals surface area contributed by atoms with Crippen LogP contribution in [0.3, 0.4) is 0 Å². The van der Waals surface area contributed by atoms with E-state index in [0.717, 1.165) is 31.5 Å². The van der Waals surface area contributed by atoms with Crippen LogP contribution in [-0.2, 0) is 4.79 Å². The van der Waals surface area contributed by atoms with E-state index in [9.17, 15) is 4.79 Å². The Morgan fingerprint density at radius 3 is 2.89 bits per heavy atom. The Balaban J connectivity index is 2.74. The molecule has 1 atom stereocenters. The molecule has 0 aromatic heterocycles. The first-order valence-electron chi connectivity index (χ1n) is 6.92. The molecule has 2 N–H and O–H groups in total. The van der Waals surface area contributed by atoms with Crippen molar-refractivity contribution in [3.63, 3.8) is 0 Å². The van der Waals surface area contributed by atoms with Crippen molar-refractivity contribution in [1.29, 1.82) is 5.41 Å². The Hall–Kier alpha value is -1.65. The third-order valence-electron chi connectivity index (χ3n) is 3.47. The predicted molar refractivity (Wildman–Crippen MR) is 78.4 cm³/mol. The lowest BCUT2D eigenvalue weighted by Gasteiger charge is -2.26. The molecule has 106 valence electrons. The molecule has 0 aliphatic carbocycles. The third-order valence-corrected chi connectivity index (χ3v) is 3.47. The van der Waals surface area contributed by atoms with Gasteiger partial charge in [0.05, 0.1) is 0 Å². The molecular formula is C14H24N4O. The van der Waals surface area contributed by atoms with Crippen molar-refractivity contribution in [2.24, 2.45) is 5.10 Å². The van der Waals surface area contributed by atoms with Gasteiger partial charge in [-0.2, -0.15) is 5.10 Å². The second-order valence-electron chi connectivity index (χ2n) is 4.90. The number of likely N-dealkylation sites (tertiary alicyclic amines) is 1. The molecule has 0 aromatic rings. The van der Waals surface area contributed by atoms with E-state index in [4.69, 9.17) is 5.41 Å². The number of hydrogen-bond donors (Lipinski definition) is 2. The zero-order chi connectivity index (χ0) is 14.3. The molecule has 1 rings (SSSR count). The van der Waals surface area contributed by atoms with Gasteiger partial charge in [0.2, 0.25) is 0 Å².